The number of furan rings is 1. The highest BCUT2D eigenvalue weighted by atomic mass is 16.3. The Hall–Kier alpha value is -1.59. The van der Waals surface area contributed by atoms with Crippen LogP contribution < -0.4 is 11.3 Å². The summed E-state index contributed by atoms with van der Waals surface area (Å²) in [5.41, 5.74) is 5.00. The molecular formula is C15H24N4O. The van der Waals surface area contributed by atoms with Crippen molar-refractivity contribution >= 4 is 0 Å². The van der Waals surface area contributed by atoms with Crippen molar-refractivity contribution in [3.05, 3.63) is 41.1 Å². The summed E-state index contributed by atoms with van der Waals surface area (Å²) in [5.74, 6) is 7.51. The van der Waals surface area contributed by atoms with Crippen LogP contribution in [0.15, 0.2) is 22.7 Å². The second kappa shape index (κ2) is 6.24. The van der Waals surface area contributed by atoms with Gasteiger partial charge in [0.25, 0.3) is 0 Å². The highest BCUT2D eigenvalue weighted by Gasteiger charge is 2.18. The quantitative estimate of drug-likeness (QED) is 0.629. The van der Waals surface area contributed by atoms with E-state index in [2.05, 4.69) is 30.4 Å². The zero-order valence-electron chi connectivity index (χ0n) is 12.7. The predicted molar refractivity (Wildman–Crippen MR) is 79.2 cm³/mol. The van der Waals surface area contributed by atoms with E-state index in [4.69, 9.17) is 10.3 Å². The molecule has 5 heteroatoms. The van der Waals surface area contributed by atoms with E-state index in [0.717, 1.165) is 35.6 Å². The van der Waals surface area contributed by atoms with Gasteiger partial charge in [0.15, 0.2) is 0 Å². The molecule has 0 radical (unpaired) electrons. The van der Waals surface area contributed by atoms with E-state index < -0.39 is 0 Å². The highest BCUT2D eigenvalue weighted by molar-refractivity contribution is 5.25. The van der Waals surface area contributed by atoms with Crippen molar-refractivity contribution in [3.8, 4) is 0 Å². The molecule has 5 nitrogen and oxygen atoms in total. The summed E-state index contributed by atoms with van der Waals surface area (Å²) in [6.45, 7) is 8.24. The highest BCUT2D eigenvalue weighted by Crippen LogP contribution is 2.24. The van der Waals surface area contributed by atoms with Crippen molar-refractivity contribution in [2.45, 2.75) is 52.6 Å². The minimum Gasteiger partial charge on any atom is -0.466 e. The first-order valence-corrected chi connectivity index (χ1v) is 7.12. The van der Waals surface area contributed by atoms with E-state index in [1.807, 2.05) is 30.8 Å². The third-order valence-electron chi connectivity index (χ3n) is 3.78. The van der Waals surface area contributed by atoms with Crippen LogP contribution in [0.25, 0.3) is 0 Å². The Morgan fingerprint density at radius 2 is 2.20 bits per heavy atom. The number of nitrogens with two attached hydrogens (primary N) is 1. The molecule has 2 unspecified atom stereocenters. The smallest absolute Gasteiger partial charge is 0.105 e. The summed E-state index contributed by atoms with van der Waals surface area (Å²) < 4.78 is 7.58. The van der Waals surface area contributed by atoms with Gasteiger partial charge in [-0.05, 0) is 39.3 Å². The molecule has 110 valence electrons. The Bertz CT molecular complexity index is 558. The van der Waals surface area contributed by atoms with Crippen LogP contribution in [0.4, 0.5) is 0 Å². The van der Waals surface area contributed by atoms with E-state index in [9.17, 15) is 0 Å². The van der Waals surface area contributed by atoms with Crippen LogP contribution in [0.1, 0.15) is 55.1 Å². The molecule has 2 aromatic heterocycles. The van der Waals surface area contributed by atoms with E-state index >= 15 is 0 Å². The Morgan fingerprint density at radius 3 is 2.75 bits per heavy atom. The fourth-order valence-electron chi connectivity index (χ4n) is 2.38. The van der Waals surface area contributed by atoms with Gasteiger partial charge in [-0.15, -0.1) is 0 Å². The molecule has 2 atom stereocenters. The van der Waals surface area contributed by atoms with Crippen molar-refractivity contribution in [2.24, 2.45) is 5.84 Å². The van der Waals surface area contributed by atoms with E-state index in [-0.39, 0.29) is 6.04 Å². The lowest BCUT2D eigenvalue weighted by atomic mass is 10.0. The molecule has 0 amide bonds. The monoisotopic (exact) mass is 276 g/mol. The number of aryl methyl sites for hydroxylation is 2. The first-order chi connectivity index (χ1) is 9.55. The summed E-state index contributed by atoms with van der Waals surface area (Å²) in [6.07, 6.45) is 3.85. The van der Waals surface area contributed by atoms with Crippen molar-refractivity contribution in [2.75, 3.05) is 0 Å². The third kappa shape index (κ3) is 3.11. The lowest BCUT2D eigenvalue weighted by Gasteiger charge is -2.14. The van der Waals surface area contributed by atoms with Gasteiger partial charge in [-0.3, -0.25) is 16.0 Å². The van der Waals surface area contributed by atoms with Gasteiger partial charge in [-0.2, -0.15) is 5.10 Å². The summed E-state index contributed by atoms with van der Waals surface area (Å²) in [5, 5.41) is 4.62. The van der Waals surface area contributed by atoms with Crippen molar-refractivity contribution in [3.63, 3.8) is 0 Å². The van der Waals surface area contributed by atoms with Gasteiger partial charge >= 0.3 is 0 Å². The van der Waals surface area contributed by atoms with Crippen LogP contribution in [-0.4, -0.2) is 9.78 Å². The molecule has 0 aromatic carbocycles. The summed E-state index contributed by atoms with van der Waals surface area (Å²) in [4.78, 5) is 0. The van der Waals surface area contributed by atoms with Crippen molar-refractivity contribution in [1.29, 1.82) is 0 Å². The number of aromatic nitrogens is 2. The van der Waals surface area contributed by atoms with E-state index in [1.165, 1.54) is 0 Å². The molecule has 20 heavy (non-hydrogen) atoms. The fourth-order valence-corrected chi connectivity index (χ4v) is 2.38. The summed E-state index contributed by atoms with van der Waals surface area (Å²) >= 11 is 0. The first-order valence-electron chi connectivity index (χ1n) is 7.12. The second-order valence-electron chi connectivity index (χ2n) is 5.34. The minimum atomic E-state index is 0.0210. The normalized spacial score (nSPS) is 14.4. The molecule has 0 aliphatic carbocycles. The van der Waals surface area contributed by atoms with Gasteiger partial charge in [0.05, 0.1) is 11.7 Å². The number of hydrazine groups is 1. The number of rotatable bonds is 6. The molecule has 0 saturated heterocycles. The van der Waals surface area contributed by atoms with Gasteiger partial charge in [0, 0.05) is 24.2 Å². The molecule has 0 aliphatic heterocycles. The van der Waals surface area contributed by atoms with Crippen molar-refractivity contribution in [1.82, 2.24) is 15.2 Å². The van der Waals surface area contributed by atoms with Crippen molar-refractivity contribution < 1.29 is 4.42 Å². The summed E-state index contributed by atoms with van der Waals surface area (Å²) in [7, 11) is 0. The molecule has 0 fully saturated rings. The maximum Gasteiger partial charge on any atom is 0.105 e. The van der Waals surface area contributed by atoms with Gasteiger partial charge in [0.2, 0.25) is 0 Å². The maximum atomic E-state index is 5.70. The number of nitrogens with zero attached hydrogens (tertiary/aromatic N) is 2. The summed E-state index contributed by atoms with van der Waals surface area (Å²) in [6, 6.07) is 4.53. The van der Waals surface area contributed by atoms with E-state index in [1.54, 1.807) is 0 Å². The average molecular weight is 276 g/mol. The standard InChI is InChI=1S/C15H24N4O/c1-5-10(2)19-7-6-13(18-19)9-15(17-16)14-8-11(3)20-12(14)4/h6-8,10,15,17H,5,9,16H2,1-4H3. The predicted octanol–water partition coefficient (Wildman–Crippen LogP) is 2.81. The van der Waals surface area contributed by atoms with Crippen LogP contribution >= 0.6 is 0 Å². The minimum absolute atomic E-state index is 0.0210. The first kappa shape index (κ1) is 14.8. The molecule has 0 spiro atoms. The Kier molecular flexibility index (Phi) is 4.62. The SMILES string of the molecule is CCC(C)n1ccc(CC(NN)c2cc(C)oc2C)n1. The lowest BCUT2D eigenvalue weighted by molar-refractivity contribution is 0.462. The molecule has 0 saturated carbocycles. The fraction of sp³-hybridized carbons (Fsp3) is 0.533. The maximum absolute atomic E-state index is 5.70. The van der Waals surface area contributed by atoms with Crippen LogP contribution in [0.3, 0.4) is 0 Å². The Labute approximate surface area is 120 Å². The van der Waals surface area contributed by atoms with Crippen LogP contribution in [0, 0.1) is 13.8 Å². The number of hydrogen-bond acceptors (Lipinski definition) is 4. The molecular weight excluding hydrogens is 252 g/mol. The molecule has 2 rings (SSSR count). The molecule has 0 bridgehead atoms. The average Bonchev–Trinajstić information content (AvgIpc) is 3.02. The van der Waals surface area contributed by atoms with Gasteiger partial charge in [0.1, 0.15) is 11.5 Å². The molecule has 0 aliphatic rings. The third-order valence-corrected chi connectivity index (χ3v) is 3.78. The van der Waals surface area contributed by atoms with Gasteiger partial charge < -0.3 is 4.42 Å². The van der Waals surface area contributed by atoms with Crippen LogP contribution in [0.2, 0.25) is 0 Å². The van der Waals surface area contributed by atoms with Gasteiger partial charge in [-0.25, -0.2) is 0 Å². The topological polar surface area (TPSA) is 69.0 Å². The number of hydrogen-bond donors (Lipinski definition) is 2. The van der Waals surface area contributed by atoms with Gasteiger partial charge in [-0.1, -0.05) is 6.92 Å². The zero-order chi connectivity index (χ0) is 14.7. The van der Waals surface area contributed by atoms with Crippen LogP contribution in [-0.2, 0) is 6.42 Å². The lowest BCUT2D eigenvalue weighted by Crippen LogP contribution is -2.30. The second-order valence-corrected chi connectivity index (χ2v) is 5.34. The molecule has 3 N–H and O–H groups in total. The largest absolute Gasteiger partial charge is 0.466 e. The van der Waals surface area contributed by atoms with Crippen LogP contribution in [0.5, 0.6) is 0 Å². The Balaban J connectivity index is 2.14. The Morgan fingerprint density at radius 1 is 1.45 bits per heavy atom. The molecule has 2 aromatic rings. The molecule has 2 heterocycles. The number of nitrogens with one attached hydrogen (secondary N) is 1. The van der Waals surface area contributed by atoms with E-state index in [0.29, 0.717) is 6.04 Å². The zero-order valence-corrected chi connectivity index (χ0v) is 12.7.